The Labute approximate surface area is 141 Å². The summed E-state index contributed by atoms with van der Waals surface area (Å²) in [7, 11) is 0. The molecule has 1 aromatic heterocycles. The maximum Gasteiger partial charge on any atom is 0.338 e. The lowest BCUT2D eigenvalue weighted by Gasteiger charge is -2.08. The van der Waals surface area contributed by atoms with E-state index in [0.717, 1.165) is 34.7 Å². The van der Waals surface area contributed by atoms with Crippen molar-refractivity contribution in [2.24, 2.45) is 0 Å². The fraction of sp³-hybridized carbons (Fsp3) is 0.263. The van der Waals surface area contributed by atoms with Crippen LogP contribution in [0.4, 0.5) is 0 Å². The lowest BCUT2D eigenvalue weighted by molar-refractivity contribution is 0.0525. The van der Waals surface area contributed by atoms with Gasteiger partial charge in [-0.25, -0.2) is 4.79 Å². The molecule has 0 N–H and O–H groups in total. The van der Waals surface area contributed by atoms with E-state index in [1.54, 1.807) is 12.3 Å². The first-order chi connectivity index (χ1) is 11.1. The number of hydrogen-bond donors (Lipinski definition) is 0. The molecule has 0 radical (unpaired) electrons. The summed E-state index contributed by atoms with van der Waals surface area (Å²) in [5.74, 6) is -0.275. The Morgan fingerprint density at radius 2 is 2.17 bits per heavy atom. The van der Waals surface area contributed by atoms with E-state index in [1.165, 1.54) is 11.1 Å². The first-order valence-corrected chi connectivity index (χ1v) is 8.05. The quantitative estimate of drug-likeness (QED) is 0.781. The first-order valence-electron chi connectivity index (χ1n) is 7.68. The molecule has 0 bridgehead atoms. The minimum absolute atomic E-state index is 0.275. The third-order valence-corrected chi connectivity index (χ3v) is 4.41. The number of ether oxygens (including phenoxy) is 1. The number of aromatic nitrogens is 1. The molecule has 0 fully saturated rings. The number of carbonyl (C=O) groups excluding carboxylic acids is 1. The summed E-state index contributed by atoms with van der Waals surface area (Å²) in [5.41, 5.74) is 5.98. The van der Waals surface area contributed by atoms with Gasteiger partial charge in [0, 0.05) is 11.2 Å². The zero-order valence-corrected chi connectivity index (χ0v) is 14.0. The average molecular weight is 328 g/mol. The standard InChI is InChI=1S/C19H18ClNO2/c1-3-23-19(22)15-6-7-21-18-11-14(10-16(15)18)9-13-4-5-17(20)12(2)8-13/h4-8,11H,3,9-10H2,1-2H3. The van der Waals surface area contributed by atoms with Gasteiger partial charge in [-0.05, 0) is 61.6 Å². The SMILES string of the molecule is CCOC(=O)c1ccnc2c1CC(Cc1ccc(Cl)c(C)c1)=C2. The third-order valence-electron chi connectivity index (χ3n) is 3.98. The summed E-state index contributed by atoms with van der Waals surface area (Å²) >= 11 is 6.08. The third kappa shape index (κ3) is 3.30. The lowest BCUT2D eigenvalue weighted by Crippen LogP contribution is -2.09. The average Bonchev–Trinajstić information content (AvgIpc) is 2.93. The van der Waals surface area contributed by atoms with Crippen LogP contribution in [-0.4, -0.2) is 17.6 Å². The van der Waals surface area contributed by atoms with Crippen molar-refractivity contribution in [3.63, 3.8) is 0 Å². The van der Waals surface area contributed by atoms with Gasteiger partial charge in [0.05, 0.1) is 17.9 Å². The van der Waals surface area contributed by atoms with E-state index in [1.807, 2.05) is 26.0 Å². The van der Waals surface area contributed by atoms with Gasteiger partial charge < -0.3 is 4.74 Å². The number of allylic oxidation sites excluding steroid dienone is 1. The Kier molecular flexibility index (Phi) is 4.49. The van der Waals surface area contributed by atoms with Crippen LogP contribution in [0, 0.1) is 6.92 Å². The monoisotopic (exact) mass is 327 g/mol. The van der Waals surface area contributed by atoms with Gasteiger partial charge in [0.15, 0.2) is 0 Å². The number of pyridine rings is 1. The molecule has 0 saturated carbocycles. The van der Waals surface area contributed by atoms with Crippen molar-refractivity contribution in [2.45, 2.75) is 26.7 Å². The smallest absolute Gasteiger partial charge is 0.338 e. The van der Waals surface area contributed by atoms with Gasteiger partial charge in [-0.3, -0.25) is 4.98 Å². The molecular weight excluding hydrogens is 310 g/mol. The van der Waals surface area contributed by atoms with Crippen molar-refractivity contribution < 1.29 is 9.53 Å². The number of hydrogen-bond acceptors (Lipinski definition) is 3. The number of esters is 1. The van der Waals surface area contributed by atoms with E-state index in [0.29, 0.717) is 12.2 Å². The molecule has 4 heteroatoms. The molecule has 0 unspecified atom stereocenters. The second-order valence-electron chi connectivity index (χ2n) is 5.68. The Bertz CT molecular complexity index is 796. The van der Waals surface area contributed by atoms with Crippen LogP contribution < -0.4 is 0 Å². The lowest BCUT2D eigenvalue weighted by atomic mass is 10.00. The minimum atomic E-state index is -0.275. The molecule has 2 aromatic rings. The van der Waals surface area contributed by atoms with Crippen LogP contribution in [0.25, 0.3) is 6.08 Å². The summed E-state index contributed by atoms with van der Waals surface area (Å²) < 4.78 is 5.13. The van der Waals surface area contributed by atoms with Crippen LogP contribution in [0.3, 0.4) is 0 Å². The van der Waals surface area contributed by atoms with Crippen LogP contribution in [0.1, 0.15) is 39.7 Å². The predicted octanol–water partition coefficient (Wildman–Crippen LogP) is 4.40. The van der Waals surface area contributed by atoms with Gasteiger partial charge in [-0.1, -0.05) is 29.3 Å². The number of halogens is 1. The Hall–Kier alpha value is -2.13. The van der Waals surface area contributed by atoms with Crippen LogP contribution >= 0.6 is 11.6 Å². The van der Waals surface area contributed by atoms with Crippen LogP contribution in [-0.2, 0) is 17.6 Å². The van der Waals surface area contributed by atoms with Gasteiger partial charge in [0.1, 0.15) is 0 Å². The second kappa shape index (κ2) is 6.55. The normalized spacial score (nSPS) is 12.7. The van der Waals surface area contributed by atoms with Crippen LogP contribution in [0.2, 0.25) is 5.02 Å². The number of aryl methyl sites for hydroxylation is 1. The molecule has 0 aliphatic heterocycles. The highest BCUT2D eigenvalue weighted by Gasteiger charge is 2.21. The number of nitrogens with zero attached hydrogens (tertiary/aromatic N) is 1. The molecular formula is C19H18ClNO2. The van der Waals surface area contributed by atoms with Crippen molar-refractivity contribution in [2.75, 3.05) is 6.61 Å². The summed E-state index contributed by atoms with van der Waals surface area (Å²) in [6.07, 6.45) is 5.30. The highest BCUT2D eigenvalue weighted by Crippen LogP contribution is 2.29. The first kappa shape index (κ1) is 15.8. The Morgan fingerprint density at radius 1 is 1.35 bits per heavy atom. The fourth-order valence-electron chi connectivity index (χ4n) is 2.88. The van der Waals surface area contributed by atoms with Gasteiger partial charge in [-0.15, -0.1) is 0 Å². The molecule has 1 heterocycles. The minimum Gasteiger partial charge on any atom is -0.462 e. The maximum atomic E-state index is 12.1. The zero-order valence-electron chi connectivity index (χ0n) is 13.2. The van der Waals surface area contributed by atoms with Crippen molar-refractivity contribution in [1.29, 1.82) is 0 Å². The van der Waals surface area contributed by atoms with Crippen LogP contribution in [0.5, 0.6) is 0 Å². The van der Waals surface area contributed by atoms with Gasteiger partial charge >= 0.3 is 5.97 Å². The van der Waals surface area contributed by atoms with E-state index >= 15 is 0 Å². The number of fused-ring (bicyclic) bond motifs is 1. The van der Waals surface area contributed by atoms with Gasteiger partial charge in [0.2, 0.25) is 0 Å². The molecule has 0 atom stereocenters. The molecule has 3 rings (SSSR count). The van der Waals surface area contributed by atoms with Crippen molar-refractivity contribution >= 4 is 23.6 Å². The van der Waals surface area contributed by atoms with Crippen molar-refractivity contribution in [3.8, 4) is 0 Å². The molecule has 0 spiro atoms. The van der Waals surface area contributed by atoms with Crippen molar-refractivity contribution in [1.82, 2.24) is 4.98 Å². The molecule has 1 aliphatic rings. The van der Waals surface area contributed by atoms with E-state index in [2.05, 4.69) is 17.1 Å². The molecule has 118 valence electrons. The van der Waals surface area contributed by atoms with E-state index in [-0.39, 0.29) is 5.97 Å². The van der Waals surface area contributed by atoms with E-state index in [9.17, 15) is 4.79 Å². The fourth-order valence-corrected chi connectivity index (χ4v) is 3.00. The van der Waals surface area contributed by atoms with E-state index in [4.69, 9.17) is 16.3 Å². The highest BCUT2D eigenvalue weighted by molar-refractivity contribution is 6.31. The van der Waals surface area contributed by atoms with Gasteiger partial charge in [0.25, 0.3) is 0 Å². The Morgan fingerprint density at radius 3 is 2.91 bits per heavy atom. The topological polar surface area (TPSA) is 39.2 Å². The molecule has 0 amide bonds. The highest BCUT2D eigenvalue weighted by atomic mass is 35.5. The summed E-state index contributed by atoms with van der Waals surface area (Å²) in [4.78, 5) is 16.4. The number of carbonyl (C=O) groups is 1. The van der Waals surface area contributed by atoms with Gasteiger partial charge in [-0.2, -0.15) is 0 Å². The Balaban J connectivity index is 1.81. The molecule has 3 nitrogen and oxygen atoms in total. The predicted molar refractivity (Wildman–Crippen MR) is 91.8 cm³/mol. The second-order valence-corrected chi connectivity index (χ2v) is 6.09. The molecule has 23 heavy (non-hydrogen) atoms. The summed E-state index contributed by atoms with van der Waals surface area (Å²) in [6.45, 7) is 4.19. The molecule has 1 aliphatic carbocycles. The van der Waals surface area contributed by atoms with Crippen LogP contribution in [0.15, 0.2) is 36.0 Å². The summed E-state index contributed by atoms with van der Waals surface area (Å²) in [6, 6.07) is 7.81. The molecule has 0 saturated heterocycles. The zero-order chi connectivity index (χ0) is 16.4. The number of rotatable bonds is 4. The molecule has 1 aromatic carbocycles. The van der Waals surface area contributed by atoms with Crippen molar-refractivity contribution in [3.05, 3.63) is 69.0 Å². The summed E-state index contributed by atoms with van der Waals surface area (Å²) in [5, 5.41) is 0.781. The largest absolute Gasteiger partial charge is 0.462 e. The maximum absolute atomic E-state index is 12.1. The van der Waals surface area contributed by atoms with E-state index < -0.39 is 0 Å². The number of benzene rings is 1.